The Labute approximate surface area is 123 Å². The van der Waals surface area contributed by atoms with Gasteiger partial charge >= 0.3 is 5.97 Å². The van der Waals surface area contributed by atoms with Crippen molar-refractivity contribution in [1.29, 1.82) is 0 Å². The average Bonchev–Trinajstić information content (AvgIpc) is 2.94. The molecule has 0 amide bonds. The summed E-state index contributed by atoms with van der Waals surface area (Å²) in [5.41, 5.74) is 7.75. The van der Waals surface area contributed by atoms with Gasteiger partial charge in [0.15, 0.2) is 0 Å². The number of ether oxygens (including phenoxy) is 1. The highest BCUT2D eigenvalue weighted by Gasteiger charge is 2.11. The molecule has 0 aliphatic carbocycles. The highest BCUT2D eigenvalue weighted by Crippen LogP contribution is 2.21. The number of carbonyl (C=O) groups excluding carboxylic acids is 1. The smallest absolute Gasteiger partial charge is 0.338 e. The van der Waals surface area contributed by atoms with Gasteiger partial charge < -0.3 is 15.8 Å². The second-order valence-corrected chi connectivity index (χ2v) is 4.80. The van der Waals surface area contributed by atoms with Crippen LogP contribution in [0.2, 0.25) is 0 Å². The van der Waals surface area contributed by atoms with Gasteiger partial charge in [0.05, 0.1) is 30.1 Å². The molecule has 0 saturated heterocycles. The molecule has 0 saturated carbocycles. The van der Waals surface area contributed by atoms with Crippen LogP contribution in [0.3, 0.4) is 0 Å². The third-order valence-corrected chi connectivity index (χ3v) is 2.99. The summed E-state index contributed by atoms with van der Waals surface area (Å²) in [5, 5.41) is 7.45. The predicted molar refractivity (Wildman–Crippen MR) is 82.1 cm³/mol. The fourth-order valence-corrected chi connectivity index (χ4v) is 2.02. The zero-order valence-electron chi connectivity index (χ0n) is 12.2. The number of anilines is 2. The van der Waals surface area contributed by atoms with Gasteiger partial charge in [0.1, 0.15) is 0 Å². The van der Waals surface area contributed by atoms with Crippen LogP contribution in [0.15, 0.2) is 36.7 Å². The van der Waals surface area contributed by atoms with E-state index in [9.17, 15) is 4.79 Å². The molecule has 6 heteroatoms. The van der Waals surface area contributed by atoms with Gasteiger partial charge in [-0.15, -0.1) is 0 Å². The first-order valence-corrected chi connectivity index (χ1v) is 6.90. The maximum Gasteiger partial charge on any atom is 0.338 e. The molecule has 112 valence electrons. The van der Waals surface area contributed by atoms with E-state index in [1.54, 1.807) is 31.3 Å². The molecule has 1 aromatic carbocycles. The number of carbonyl (C=O) groups is 1. The Bertz CT molecular complexity index is 596. The zero-order valence-corrected chi connectivity index (χ0v) is 12.2. The molecule has 1 unspecified atom stereocenters. The minimum Gasteiger partial charge on any atom is -0.462 e. The lowest BCUT2D eigenvalue weighted by Gasteiger charge is -2.17. The summed E-state index contributed by atoms with van der Waals surface area (Å²) in [5.74, 6) is -0.347. The third kappa shape index (κ3) is 3.98. The number of nitrogens with one attached hydrogen (secondary N) is 1. The largest absolute Gasteiger partial charge is 0.462 e. The Balaban J connectivity index is 2.07. The van der Waals surface area contributed by atoms with Gasteiger partial charge in [-0.25, -0.2) is 4.79 Å². The quantitative estimate of drug-likeness (QED) is 0.628. The Hall–Kier alpha value is -2.50. The second-order valence-electron chi connectivity index (χ2n) is 4.80. The van der Waals surface area contributed by atoms with Gasteiger partial charge in [0.25, 0.3) is 0 Å². The monoisotopic (exact) mass is 288 g/mol. The normalized spacial score (nSPS) is 11.9. The lowest BCUT2D eigenvalue weighted by molar-refractivity contribution is 0.0526. The molecule has 0 spiro atoms. The van der Waals surface area contributed by atoms with Crippen molar-refractivity contribution in [2.45, 2.75) is 26.4 Å². The number of nitrogens with two attached hydrogens (primary N) is 1. The summed E-state index contributed by atoms with van der Waals surface area (Å²) in [6.07, 6.45) is 3.64. The first-order valence-electron chi connectivity index (χ1n) is 6.90. The third-order valence-electron chi connectivity index (χ3n) is 2.99. The van der Waals surface area contributed by atoms with E-state index in [4.69, 9.17) is 10.5 Å². The first-order chi connectivity index (χ1) is 10.1. The fourth-order valence-electron chi connectivity index (χ4n) is 2.02. The van der Waals surface area contributed by atoms with Crippen LogP contribution < -0.4 is 11.1 Å². The minimum atomic E-state index is -0.347. The van der Waals surface area contributed by atoms with Gasteiger partial charge in [-0.1, -0.05) is 0 Å². The summed E-state index contributed by atoms with van der Waals surface area (Å²) in [4.78, 5) is 11.7. The predicted octanol–water partition coefficient (Wildman–Crippen LogP) is 2.14. The van der Waals surface area contributed by atoms with Crippen molar-refractivity contribution in [3.8, 4) is 0 Å². The average molecular weight is 288 g/mol. The number of nitrogens with zero attached hydrogens (tertiary/aromatic N) is 2. The van der Waals surface area contributed by atoms with Crippen molar-refractivity contribution in [2.75, 3.05) is 17.7 Å². The minimum absolute atomic E-state index is 0.115. The number of esters is 1. The lowest BCUT2D eigenvalue weighted by atomic mass is 10.1. The molecule has 6 nitrogen and oxygen atoms in total. The van der Waals surface area contributed by atoms with Crippen LogP contribution in [0.5, 0.6) is 0 Å². The summed E-state index contributed by atoms with van der Waals surface area (Å²) >= 11 is 0. The van der Waals surface area contributed by atoms with Gasteiger partial charge in [-0.3, -0.25) is 4.68 Å². The number of aromatic nitrogens is 2. The van der Waals surface area contributed by atoms with Gasteiger partial charge in [-0.05, 0) is 38.1 Å². The van der Waals surface area contributed by atoms with Crippen molar-refractivity contribution in [2.24, 2.45) is 0 Å². The summed E-state index contributed by atoms with van der Waals surface area (Å²) in [6, 6.07) is 7.07. The van der Waals surface area contributed by atoms with Crippen molar-refractivity contribution in [3.63, 3.8) is 0 Å². The van der Waals surface area contributed by atoms with Crippen LogP contribution in [-0.2, 0) is 11.3 Å². The molecule has 1 aromatic heterocycles. The Kier molecular flexibility index (Phi) is 4.81. The first kappa shape index (κ1) is 14.9. The van der Waals surface area contributed by atoms with Crippen molar-refractivity contribution < 1.29 is 9.53 Å². The molecule has 21 heavy (non-hydrogen) atoms. The summed E-state index contributed by atoms with van der Waals surface area (Å²) in [6.45, 7) is 4.86. The number of hydrogen-bond donors (Lipinski definition) is 2. The molecular formula is C15H20N4O2. The van der Waals surface area contributed by atoms with Crippen LogP contribution in [0.1, 0.15) is 24.2 Å². The van der Waals surface area contributed by atoms with E-state index in [0.29, 0.717) is 24.4 Å². The van der Waals surface area contributed by atoms with Crippen molar-refractivity contribution in [3.05, 3.63) is 42.2 Å². The van der Waals surface area contributed by atoms with Crippen molar-refractivity contribution >= 4 is 17.3 Å². The van der Waals surface area contributed by atoms with E-state index in [2.05, 4.69) is 10.4 Å². The van der Waals surface area contributed by atoms with E-state index in [-0.39, 0.29) is 12.0 Å². The standard InChI is InChI=1S/C15H20N4O2/c1-3-21-15(20)12-5-6-13(16)14(9-12)18-11(2)10-19-8-4-7-17-19/h4-9,11,18H,3,10,16H2,1-2H3. The highest BCUT2D eigenvalue weighted by molar-refractivity contribution is 5.92. The van der Waals surface area contributed by atoms with E-state index in [1.807, 2.05) is 23.9 Å². The van der Waals surface area contributed by atoms with Crippen LogP contribution in [-0.4, -0.2) is 28.4 Å². The molecule has 1 heterocycles. The Morgan fingerprint density at radius 3 is 3.00 bits per heavy atom. The van der Waals surface area contributed by atoms with Gasteiger partial charge in [0.2, 0.25) is 0 Å². The highest BCUT2D eigenvalue weighted by atomic mass is 16.5. The van der Waals surface area contributed by atoms with Crippen LogP contribution in [0.4, 0.5) is 11.4 Å². The van der Waals surface area contributed by atoms with E-state index in [1.165, 1.54) is 0 Å². The number of rotatable bonds is 6. The maximum absolute atomic E-state index is 11.7. The van der Waals surface area contributed by atoms with E-state index < -0.39 is 0 Å². The molecule has 0 fully saturated rings. The number of hydrogen-bond acceptors (Lipinski definition) is 5. The lowest BCUT2D eigenvalue weighted by Crippen LogP contribution is -2.23. The molecule has 2 rings (SSSR count). The number of nitrogen functional groups attached to an aromatic ring is 1. The van der Waals surface area contributed by atoms with Gasteiger partial charge in [-0.2, -0.15) is 5.10 Å². The molecule has 0 bridgehead atoms. The van der Waals surface area contributed by atoms with Crippen LogP contribution >= 0.6 is 0 Å². The van der Waals surface area contributed by atoms with E-state index >= 15 is 0 Å². The summed E-state index contributed by atoms with van der Waals surface area (Å²) in [7, 11) is 0. The maximum atomic E-state index is 11.7. The van der Waals surface area contributed by atoms with Gasteiger partial charge in [0, 0.05) is 18.4 Å². The Morgan fingerprint density at radius 1 is 1.52 bits per heavy atom. The summed E-state index contributed by atoms with van der Waals surface area (Å²) < 4.78 is 6.83. The Morgan fingerprint density at radius 2 is 2.33 bits per heavy atom. The molecule has 0 radical (unpaired) electrons. The molecule has 0 aliphatic rings. The molecular weight excluding hydrogens is 268 g/mol. The topological polar surface area (TPSA) is 82.2 Å². The molecule has 1 atom stereocenters. The zero-order chi connectivity index (χ0) is 15.2. The fraction of sp³-hybridized carbons (Fsp3) is 0.333. The SMILES string of the molecule is CCOC(=O)c1ccc(N)c(NC(C)Cn2cccn2)c1. The van der Waals surface area contributed by atoms with E-state index in [0.717, 1.165) is 5.69 Å². The molecule has 2 aromatic rings. The van der Waals surface area contributed by atoms with Crippen LogP contribution in [0.25, 0.3) is 0 Å². The second kappa shape index (κ2) is 6.78. The van der Waals surface area contributed by atoms with Crippen molar-refractivity contribution in [1.82, 2.24) is 9.78 Å². The molecule has 3 N–H and O–H groups in total. The van der Waals surface area contributed by atoms with Crippen LogP contribution in [0, 0.1) is 0 Å². The molecule has 0 aliphatic heterocycles. The number of benzene rings is 1.